The fourth-order valence-corrected chi connectivity index (χ4v) is 4.79. The summed E-state index contributed by atoms with van der Waals surface area (Å²) >= 11 is 0. The number of pyridine rings is 1. The van der Waals surface area contributed by atoms with Gasteiger partial charge in [0, 0.05) is 35.0 Å². The average molecular weight is 435 g/mol. The van der Waals surface area contributed by atoms with Gasteiger partial charge in [-0.15, -0.1) is 0 Å². The van der Waals surface area contributed by atoms with Crippen molar-refractivity contribution in [2.75, 3.05) is 0 Å². The number of halogens is 5. The maximum absolute atomic E-state index is 14.1. The van der Waals surface area contributed by atoms with E-state index in [0.717, 1.165) is 17.3 Å². The van der Waals surface area contributed by atoms with Crippen molar-refractivity contribution in [3.05, 3.63) is 52.8 Å². The lowest BCUT2D eigenvalue weighted by Gasteiger charge is -2.20. The van der Waals surface area contributed by atoms with Crippen LogP contribution >= 0.6 is 0 Å². The molecule has 0 saturated carbocycles. The molecule has 0 saturated heterocycles. The predicted molar refractivity (Wildman–Crippen MR) is 89.2 cm³/mol. The predicted octanol–water partition coefficient (Wildman–Crippen LogP) is 3.67. The van der Waals surface area contributed by atoms with Gasteiger partial charge in [-0.3, -0.25) is 4.98 Å². The number of benzene rings is 1. The minimum atomic E-state index is -5.94. The molecule has 2 atom stereocenters. The van der Waals surface area contributed by atoms with Crippen molar-refractivity contribution in [2.45, 2.75) is 47.8 Å². The zero-order chi connectivity index (χ0) is 21.2. The van der Waals surface area contributed by atoms with Crippen LogP contribution in [0.25, 0.3) is 0 Å². The molecular formula is C18H14F5NO4S. The maximum Gasteiger partial charge on any atom is 0.501 e. The second-order valence-electron chi connectivity index (χ2n) is 6.93. The lowest BCUT2D eigenvalue weighted by molar-refractivity contribution is -0.0978. The lowest BCUT2D eigenvalue weighted by Crippen LogP contribution is -2.26. The third-order valence-corrected chi connectivity index (χ3v) is 6.68. The van der Waals surface area contributed by atoms with Crippen molar-refractivity contribution in [3.8, 4) is 5.75 Å². The second-order valence-corrected chi connectivity index (χ2v) is 8.84. The number of hydrogen-bond donors (Lipinski definition) is 1. The minimum absolute atomic E-state index is 0.181. The molecule has 0 fully saturated rings. The molecule has 1 aromatic heterocycles. The molecule has 1 N–H and O–H groups in total. The van der Waals surface area contributed by atoms with Gasteiger partial charge in [0.05, 0.1) is 4.90 Å². The van der Waals surface area contributed by atoms with E-state index < -0.39 is 55.9 Å². The Morgan fingerprint density at radius 3 is 2.62 bits per heavy atom. The van der Waals surface area contributed by atoms with E-state index in [9.17, 15) is 35.5 Å². The summed E-state index contributed by atoms with van der Waals surface area (Å²) in [7, 11) is -5.94. The molecule has 0 radical (unpaired) electrons. The Labute approximate surface area is 162 Å². The molecule has 11 heteroatoms. The molecule has 1 heterocycles. The van der Waals surface area contributed by atoms with Crippen LogP contribution in [0.15, 0.2) is 35.4 Å². The number of aromatic nitrogens is 1. The molecule has 5 nitrogen and oxygen atoms in total. The highest BCUT2D eigenvalue weighted by Gasteiger charge is 2.55. The van der Waals surface area contributed by atoms with Crippen molar-refractivity contribution >= 4 is 9.84 Å². The van der Waals surface area contributed by atoms with Gasteiger partial charge in [-0.25, -0.2) is 17.2 Å². The van der Waals surface area contributed by atoms with E-state index in [-0.39, 0.29) is 5.75 Å². The third-order valence-electron chi connectivity index (χ3n) is 5.14. The number of nitrogens with zero attached hydrogens (tertiary/aromatic N) is 1. The van der Waals surface area contributed by atoms with Crippen molar-refractivity contribution in [3.63, 3.8) is 0 Å². The van der Waals surface area contributed by atoms with Gasteiger partial charge in [-0.1, -0.05) is 6.07 Å². The molecule has 1 aromatic carbocycles. The highest BCUT2D eigenvalue weighted by molar-refractivity contribution is 7.92. The molecule has 156 valence electrons. The van der Waals surface area contributed by atoms with E-state index in [2.05, 4.69) is 4.98 Å². The van der Waals surface area contributed by atoms with Gasteiger partial charge in [-0.05, 0) is 31.0 Å². The first-order valence-corrected chi connectivity index (χ1v) is 10.1. The topological polar surface area (TPSA) is 76.5 Å². The van der Waals surface area contributed by atoms with Gasteiger partial charge < -0.3 is 9.84 Å². The van der Waals surface area contributed by atoms with E-state index in [0.29, 0.717) is 18.9 Å². The Hall–Kier alpha value is -2.27. The summed E-state index contributed by atoms with van der Waals surface area (Å²) < 4.78 is 96.8. The maximum atomic E-state index is 14.1. The summed E-state index contributed by atoms with van der Waals surface area (Å²) in [5.74, 6) is -4.01. The Bertz CT molecular complexity index is 1080. The number of ether oxygens (including phenoxy) is 1. The Balaban J connectivity index is 1.81. The van der Waals surface area contributed by atoms with Crippen molar-refractivity contribution < 1.29 is 40.2 Å². The van der Waals surface area contributed by atoms with Crippen LogP contribution in [0, 0.1) is 0 Å². The Morgan fingerprint density at radius 2 is 1.93 bits per heavy atom. The molecule has 0 amide bonds. The van der Waals surface area contributed by atoms with Crippen LogP contribution in [-0.2, 0) is 22.7 Å². The normalized spacial score (nSPS) is 23.0. The summed E-state index contributed by atoms with van der Waals surface area (Å²) in [5.41, 5.74) is -5.62. The van der Waals surface area contributed by atoms with Crippen LogP contribution in [0.2, 0.25) is 0 Å². The summed E-state index contributed by atoms with van der Waals surface area (Å²) in [4.78, 5) is 2.80. The number of sulfone groups is 1. The zero-order valence-electron chi connectivity index (χ0n) is 14.6. The number of aliphatic hydroxyl groups excluding tert-OH is 1. The summed E-state index contributed by atoms with van der Waals surface area (Å²) in [6.45, 7) is 0. The van der Waals surface area contributed by atoms with Gasteiger partial charge in [-0.2, -0.15) is 13.2 Å². The van der Waals surface area contributed by atoms with Crippen molar-refractivity contribution in [1.29, 1.82) is 0 Å². The van der Waals surface area contributed by atoms with Gasteiger partial charge in [0.15, 0.2) is 0 Å². The first-order valence-electron chi connectivity index (χ1n) is 8.57. The van der Waals surface area contributed by atoms with E-state index in [1.165, 1.54) is 0 Å². The molecule has 1 unspecified atom stereocenters. The number of aliphatic hydroxyl groups is 1. The standard InChI is InChI=1S/C18H14F5NO4S/c19-17(20)8-10-13(28-12-4-3-11-9(12)2-1-7-24-11)5-6-14(15(10)16(17)25)29(26,27)18(21,22)23/h1-2,5-7,12,16,25H,3-4,8H2/t12?,16-/m0/s1. The third kappa shape index (κ3) is 3.07. The number of aryl methyl sites for hydroxylation is 1. The summed E-state index contributed by atoms with van der Waals surface area (Å²) in [5, 5.41) is 9.91. The molecule has 0 bridgehead atoms. The highest BCUT2D eigenvalue weighted by Crippen LogP contribution is 2.51. The van der Waals surface area contributed by atoms with Crippen LogP contribution in [0.5, 0.6) is 5.75 Å². The number of alkyl halides is 5. The van der Waals surface area contributed by atoms with Gasteiger partial charge in [0.2, 0.25) is 0 Å². The SMILES string of the molecule is O=S(=O)(c1ccc(OC2CCc3ncccc32)c2c1[C@H](O)C(F)(F)C2)C(F)(F)F. The molecular weight excluding hydrogens is 421 g/mol. The van der Waals surface area contributed by atoms with Crippen molar-refractivity contribution in [1.82, 2.24) is 4.98 Å². The molecule has 2 aliphatic carbocycles. The number of fused-ring (bicyclic) bond motifs is 2. The van der Waals surface area contributed by atoms with Crippen LogP contribution in [0.4, 0.5) is 22.0 Å². The summed E-state index contributed by atoms with van der Waals surface area (Å²) in [6, 6.07) is 4.90. The fourth-order valence-electron chi connectivity index (χ4n) is 3.77. The largest absolute Gasteiger partial charge is 0.501 e. The minimum Gasteiger partial charge on any atom is -0.485 e. The van der Waals surface area contributed by atoms with Crippen molar-refractivity contribution in [2.24, 2.45) is 0 Å². The van der Waals surface area contributed by atoms with Gasteiger partial charge >= 0.3 is 5.51 Å². The Kier molecular flexibility index (Phi) is 4.39. The van der Waals surface area contributed by atoms with Crippen LogP contribution in [0.1, 0.15) is 41.0 Å². The molecule has 2 aromatic rings. The van der Waals surface area contributed by atoms with E-state index in [1.54, 1.807) is 18.3 Å². The van der Waals surface area contributed by atoms with Crippen LogP contribution in [-0.4, -0.2) is 29.9 Å². The average Bonchev–Trinajstić information content (AvgIpc) is 3.14. The molecule has 2 aliphatic rings. The van der Waals surface area contributed by atoms with E-state index >= 15 is 0 Å². The number of rotatable bonds is 3. The first kappa shape index (κ1) is 20.0. The Morgan fingerprint density at radius 1 is 1.21 bits per heavy atom. The van der Waals surface area contributed by atoms with Crippen LogP contribution < -0.4 is 4.74 Å². The second kappa shape index (κ2) is 6.36. The lowest BCUT2D eigenvalue weighted by atomic mass is 10.1. The smallest absolute Gasteiger partial charge is 0.485 e. The highest BCUT2D eigenvalue weighted by atomic mass is 32.2. The molecule has 4 rings (SSSR count). The monoisotopic (exact) mass is 435 g/mol. The van der Waals surface area contributed by atoms with Gasteiger partial charge in [0.1, 0.15) is 18.0 Å². The molecule has 0 aliphatic heterocycles. The summed E-state index contributed by atoms with van der Waals surface area (Å²) in [6.07, 6.45) is -1.76. The number of hydrogen-bond acceptors (Lipinski definition) is 5. The molecule has 0 spiro atoms. The zero-order valence-corrected chi connectivity index (χ0v) is 15.4. The van der Waals surface area contributed by atoms with Crippen LogP contribution in [0.3, 0.4) is 0 Å². The first-order chi connectivity index (χ1) is 13.4. The quantitative estimate of drug-likeness (QED) is 0.745. The molecule has 29 heavy (non-hydrogen) atoms. The van der Waals surface area contributed by atoms with E-state index in [1.807, 2.05) is 0 Å². The fraction of sp³-hybridized carbons (Fsp3) is 0.389. The van der Waals surface area contributed by atoms with Gasteiger partial charge in [0.25, 0.3) is 15.8 Å². The van der Waals surface area contributed by atoms with E-state index in [4.69, 9.17) is 4.74 Å².